The van der Waals surface area contributed by atoms with E-state index in [0.717, 1.165) is 24.3 Å². The summed E-state index contributed by atoms with van der Waals surface area (Å²) in [6, 6.07) is 7.07. The number of carbonyl (C=O) groups is 1. The molecule has 1 heterocycles. The predicted molar refractivity (Wildman–Crippen MR) is 73.4 cm³/mol. The van der Waals surface area contributed by atoms with Crippen LogP contribution in [0.4, 0.5) is 10.5 Å². The lowest BCUT2D eigenvalue weighted by molar-refractivity contribution is 0.166. The number of ether oxygens (including phenoxy) is 1. The van der Waals surface area contributed by atoms with Gasteiger partial charge in [-0.25, -0.2) is 4.79 Å². The van der Waals surface area contributed by atoms with Gasteiger partial charge in [-0.1, -0.05) is 0 Å². The standard InChI is InChI=1S/C14H20N2O3/c1-2-19-13-7-5-11(6-8-13)15-14(18)16-9-3-4-12(16)10-17/h5-8,12,17H,2-4,9-10H2,1H3,(H,15,18)/t12-/m0/s1. The van der Waals surface area contributed by atoms with E-state index in [1.807, 2.05) is 31.2 Å². The van der Waals surface area contributed by atoms with Crippen molar-refractivity contribution in [3.63, 3.8) is 0 Å². The Kier molecular flexibility index (Phi) is 4.63. The maximum absolute atomic E-state index is 12.1. The highest BCUT2D eigenvalue weighted by Gasteiger charge is 2.27. The van der Waals surface area contributed by atoms with Gasteiger partial charge in [0.05, 0.1) is 19.3 Å². The van der Waals surface area contributed by atoms with Crippen molar-refractivity contribution in [2.75, 3.05) is 25.1 Å². The molecule has 1 fully saturated rings. The molecule has 2 N–H and O–H groups in total. The van der Waals surface area contributed by atoms with Gasteiger partial charge >= 0.3 is 6.03 Å². The Morgan fingerprint density at radius 1 is 1.47 bits per heavy atom. The summed E-state index contributed by atoms with van der Waals surface area (Å²) in [5.41, 5.74) is 0.733. The van der Waals surface area contributed by atoms with Crippen molar-refractivity contribution in [1.29, 1.82) is 0 Å². The Labute approximate surface area is 113 Å². The van der Waals surface area contributed by atoms with Crippen LogP contribution in [-0.2, 0) is 0 Å². The molecule has 1 atom stereocenters. The fraction of sp³-hybridized carbons (Fsp3) is 0.500. The minimum Gasteiger partial charge on any atom is -0.494 e. The Balaban J connectivity index is 1.94. The van der Waals surface area contributed by atoms with Gasteiger partial charge in [-0.15, -0.1) is 0 Å². The Hall–Kier alpha value is -1.75. The number of amides is 2. The van der Waals surface area contributed by atoms with Gasteiger partial charge < -0.3 is 20.1 Å². The molecule has 0 bridgehead atoms. The van der Waals surface area contributed by atoms with Gasteiger partial charge in [-0.05, 0) is 44.0 Å². The molecule has 0 spiro atoms. The maximum Gasteiger partial charge on any atom is 0.322 e. The van der Waals surface area contributed by atoms with Crippen LogP contribution in [0, 0.1) is 0 Å². The highest BCUT2D eigenvalue weighted by atomic mass is 16.5. The molecule has 0 aliphatic carbocycles. The minimum atomic E-state index is -0.152. The third kappa shape index (κ3) is 3.38. The molecule has 0 aromatic heterocycles. The van der Waals surface area contributed by atoms with Crippen molar-refractivity contribution in [2.24, 2.45) is 0 Å². The number of aliphatic hydroxyl groups is 1. The summed E-state index contributed by atoms with van der Waals surface area (Å²) >= 11 is 0. The quantitative estimate of drug-likeness (QED) is 0.875. The van der Waals surface area contributed by atoms with E-state index in [1.165, 1.54) is 0 Å². The van der Waals surface area contributed by atoms with Crippen molar-refractivity contribution < 1.29 is 14.6 Å². The lowest BCUT2D eigenvalue weighted by Crippen LogP contribution is -2.40. The van der Waals surface area contributed by atoms with E-state index in [4.69, 9.17) is 4.74 Å². The molecular formula is C14H20N2O3. The van der Waals surface area contributed by atoms with E-state index in [0.29, 0.717) is 13.2 Å². The van der Waals surface area contributed by atoms with E-state index in [1.54, 1.807) is 4.90 Å². The van der Waals surface area contributed by atoms with Crippen molar-refractivity contribution in [3.8, 4) is 5.75 Å². The minimum absolute atomic E-state index is 0.0245. The molecule has 5 heteroatoms. The highest BCUT2D eigenvalue weighted by molar-refractivity contribution is 5.89. The molecule has 19 heavy (non-hydrogen) atoms. The lowest BCUT2D eigenvalue weighted by Gasteiger charge is -2.23. The molecule has 1 aromatic rings. The van der Waals surface area contributed by atoms with Crippen LogP contribution < -0.4 is 10.1 Å². The van der Waals surface area contributed by atoms with Crippen LogP contribution in [0.5, 0.6) is 5.75 Å². The van der Waals surface area contributed by atoms with Crippen LogP contribution in [-0.4, -0.2) is 41.8 Å². The number of aliphatic hydroxyl groups excluding tert-OH is 1. The molecule has 2 amide bonds. The van der Waals surface area contributed by atoms with E-state index in [2.05, 4.69) is 5.32 Å². The Morgan fingerprint density at radius 3 is 2.84 bits per heavy atom. The van der Waals surface area contributed by atoms with Crippen LogP contribution in [0.3, 0.4) is 0 Å². The second-order valence-electron chi connectivity index (χ2n) is 4.56. The molecule has 1 aromatic carbocycles. The summed E-state index contributed by atoms with van der Waals surface area (Å²) in [4.78, 5) is 13.8. The number of carbonyl (C=O) groups excluding carboxylic acids is 1. The second kappa shape index (κ2) is 6.43. The average molecular weight is 264 g/mol. The fourth-order valence-electron chi connectivity index (χ4n) is 2.29. The largest absolute Gasteiger partial charge is 0.494 e. The number of anilines is 1. The summed E-state index contributed by atoms with van der Waals surface area (Å²) in [7, 11) is 0. The van der Waals surface area contributed by atoms with Gasteiger partial charge in [-0.3, -0.25) is 0 Å². The van der Waals surface area contributed by atoms with Gasteiger partial charge in [0, 0.05) is 12.2 Å². The monoisotopic (exact) mass is 264 g/mol. The molecule has 1 aliphatic heterocycles. The number of hydrogen-bond acceptors (Lipinski definition) is 3. The number of urea groups is 1. The molecule has 5 nitrogen and oxygen atoms in total. The van der Waals surface area contributed by atoms with Crippen molar-refractivity contribution in [1.82, 2.24) is 4.90 Å². The molecule has 0 radical (unpaired) electrons. The van der Waals surface area contributed by atoms with Gasteiger partial charge in [0.2, 0.25) is 0 Å². The van der Waals surface area contributed by atoms with Gasteiger partial charge in [0.1, 0.15) is 5.75 Å². The van der Waals surface area contributed by atoms with Crippen molar-refractivity contribution in [2.45, 2.75) is 25.8 Å². The Bertz CT molecular complexity index is 419. The highest BCUT2D eigenvalue weighted by Crippen LogP contribution is 2.20. The van der Waals surface area contributed by atoms with E-state index in [-0.39, 0.29) is 18.7 Å². The first-order valence-corrected chi connectivity index (χ1v) is 6.66. The number of hydrogen-bond donors (Lipinski definition) is 2. The fourth-order valence-corrected chi connectivity index (χ4v) is 2.29. The maximum atomic E-state index is 12.1. The zero-order valence-corrected chi connectivity index (χ0v) is 11.1. The van der Waals surface area contributed by atoms with Gasteiger partial charge in [0.25, 0.3) is 0 Å². The third-order valence-electron chi connectivity index (χ3n) is 3.27. The molecular weight excluding hydrogens is 244 g/mol. The zero-order valence-electron chi connectivity index (χ0n) is 11.1. The van der Waals surface area contributed by atoms with Gasteiger partial charge in [0.15, 0.2) is 0 Å². The summed E-state index contributed by atoms with van der Waals surface area (Å²) in [6.45, 7) is 3.28. The number of benzene rings is 1. The number of rotatable bonds is 4. The number of nitrogens with zero attached hydrogens (tertiary/aromatic N) is 1. The molecule has 104 valence electrons. The number of likely N-dealkylation sites (tertiary alicyclic amines) is 1. The first-order valence-electron chi connectivity index (χ1n) is 6.66. The smallest absolute Gasteiger partial charge is 0.322 e. The first kappa shape index (κ1) is 13.7. The third-order valence-corrected chi connectivity index (χ3v) is 3.27. The van der Waals surface area contributed by atoms with Gasteiger partial charge in [-0.2, -0.15) is 0 Å². The van der Waals surface area contributed by atoms with Crippen LogP contribution in [0.2, 0.25) is 0 Å². The average Bonchev–Trinajstić information content (AvgIpc) is 2.90. The summed E-state index contributed by atoms with van der Waals surface area (Å²) < 4.78 is 5.34. The molecule has 0 saturated carbocycles. The van der Waals surface area contributed by atoms with Crippen molar-refractivity contribution in [3.05, 3.63) is 24.3 Å². The zero-order chi connectivity index (χ0) is 13.7. The second-order valence-corrected chi connectivity index (χ2v) is 4.56. The topological polar surface area (TPSA) is 61.8 Å². The summed E-state index contributed by atoms with van der Waals surface area (Å²) in [5.74, 6) is 0.787. The predicted octanol–water partition coefficient (Wildman–Crippen LogP) is 2.07. The van der Waals surface area contributed by atoms with Crippen molar-refractivity contribution >= 4 is 11.7 Å². The Morgan fingerprint density at radius 2 is 2.21 bits per heavy atom. The molecule has 0 unspecified atom stereocenters. The van der Waals surface area contributed by atoms with Crippen LogP contribution in [0.1, 0.15) is 19.8 Å². The van der Waals surface area contributed by atoms with Crippen LogP contribution in [0.15, 0.2) is 24.3 Å². The van der Waals surface area contributed by atoms with E-state index < -0.39 is 0 Å². The number of nitrogens with one attached hydrogen (secondary N) is 1. The summed E-state index contributed by atoms with van der Waals surface area (Å²) in [5, 5.41) is 12.0. The summed E-state index contributed by atoms with van der Waals surface area (Å²) in [6.07, 6.45) is 1.81. The van der Waals surface area contributed by atoms with Crippen LogP contribution >= 0.6 is 0 Å². The molecule has 1 aliphatic rings. The normalized spacial score (nSPS) is 18.4. The first-order chi connectivity index (χ1) is 9.24. The molecule has 2 rings (SSSR count). The van der Waals surface area contributed by atoms with E-state index >= 15 is 0 Å². The van der Waals surface area contributed by atoms with Crippen LogP contribution in [0.25, 0.3) is 0 Å². The SMILES string of the molecule is CCOc1ccc(NC(=O)N2CCC[C@H]2CO)cc1. The lowest BCUT2D eigenvalue weighted by atomic mass is 10.2. The molecule has 1 saturated heterocycles. The van der Waals surface area contributed by atoms with E-state index in [9.17, 15) is 9.90 Å².